The van der Waals surface area contributed by atoms with E-state index >= 15 is 0 Å². The molecule has 16 nitrogen and oxygen atoms in total. The number of rotatable bonds is 16. The molecule has 78 heavy (non-hydrogen) atoms. The number of thiocarbonyl (C=S) groups is 2. The Kier molecular flexibility index (Phi) is 17.6. The second-order valence-corrected chi connectivity index (χ2v) is 26.7. The number of nitrogens with one attached hydrogen (secondary N) is 8. The summed E-state index contributed by atoms with van der Waals surface area (Å²) in [5.74, 6) is -0.864. The SMILES string of the molecule is CN[C@@H](C)C(=S)N[C@H]1CCS[C@H]2CC(C)(C)[C@@H](C(=O)NC3c4ccccc4C[C@H]3C(=O)NCc3ccc(CNC(=O)[C@@H]4Cc5ccccc5[C@@H]4NC(=O)[C@H]4N5C(=O)[C@@H](NC(=S)[C@H](C)NC)CCS[C@H]5CC4(C)C)cc3)N2C1=O. The van der Waals surface area contributed by atoms with E-state index in [1.807, 2.05) is 128 Å². The molecule has 4 fully saturated rings. The minimum absolute atomic E-state index is 0.117. The highest BCUT2D eigenvalue weighted by atomic mass is 32.2. The van der Waals surface area contributed by atoms with Crippen LogP contribution in [0.1, 0.15) is 113 Å². The Morgan fingerprint density at radius 2 is 0.949 bits per heavy atom. The molecule has 6 aliphatic rings. The Labute approximate surface area is 478 Å². The Bertz CT molecular complexity index is 2630. The van der Waals surface area contributed by atoms with Crippen LogP contribution in [-0.2, 0) is 54.7 Å². The molecular weight excluding hydrogens is 1060 g/mol. The van der Waals surface area contributed by atoms with Crippen molar-refractivity contribution in [3.8, 4) is 0 Å². The van der Waals surface area contributed by atoms with Crippen LogP contribution >= 0.6 is 48.0 Å². The van der Waals surface area contributed by atoms with Gasteiger partial charge in [-0.3, -0.25) is 28.8 Å². The molecule has 2 aliphatic carbocycles. The van der Waals surface area contributed by atoms with Gasteiger partial charge in [-0.25, -0.2) is 0 Å². The van der Waals surface area contributed by atoms with Crippen LogP contribution in [0.3, 0.4) is 0 Å². The van der Waals surface area contributed by atoms with Gasteiger partial charge < -0.3 is 52.3 Å². The van der Waals surface area contributed by atoms with Gasteiger partial charge in [-0.1, -0.05) is 125 Å². The van der Waals surface area contributed by atoms with E-state index in [9.17, 15) is 28.8 Å². The van der Waals surface area contributed by atoms with Crippen LogP contribution < -0.4 is 42.5 Å². The first-order valence-electron chi connectivity index (χ1n) is 27.4. The van der Waals surface area contributed by atoms with Crippen molar-refractivity contribution in [1.29, 1.82) is 0 Å². The van der Waals surface area contributed by atoms with Crippen molar-refractivity contribution >= 4 is 93.4 Å². The minimum Gasteiger partial charge on any atom is -0.367 e. The number of likely N-dealkylation sites (N-methyl/N-ethyl adjacent to an activating group) is 2. The van der Waals surface area contributed by atoms with Crippen LogP contribution in [-0.4, -0.2) is 128 Å². The molecule has 4 saturated heterocycles. The third-order valence-electron chi connectivity index (χ3n) is 17.1. The zero-order chi connectivity index (χ0) is 55.8. The zero-order valence-corrected chi connectivity index (χ0v) is 49.2. The fraction of sp³-hybridized carbons (Fsp3) is 0.552. The number of carbonyl (C=O) groups excluding carboxylic acids is 6. The first-order valence-corrected chi connectivity index (χ1v) is 30.3. The standard InChI is InChI=1S/C58H76N10O6S4/c1-31(59-7)53(75)63-41-21-23-77-43-27-57(3,4)47(67(43)55(41)73)51(71)65-45-37-15-11-9-13-35(37)25-39(45)49(69)61-29-33-17-19-34(20-18-33)30-62-50(70)40-26-36-14-10-12-16-38(36)46(40)66-52(72)48-58(5,6)28-44-68(48)56(74)42(22-24-78-44)64-54(76)32(2)60-8/h9-20,31-32,39-48,59-60H,21-30H2,1-8H3,(H,61,69)(H,62,70)(H,63,75)(H,64,76)(H,65,71)(H,66,72)/t31-,32-,39+,40+,41-,42-,43-,44-,45-,46?,47+,48+/m0/s1. The summed E-state index contributed by atoms with van der Waals surface area (Å²) in [4.78, 5) is 91.3. The Morgan fingerprint density at radius 3 is 1.32 bits per heavy atom. The number of amides is 6. The largest absolute Gasteiger partial charge is 0.367 e. The molecule has 6 amide bonds. The van der Waals surface area contributed by atoms with Gasteiger partial charge in [-0.2, -0.15) is 0 Å². The molecule has 0 bridgehead atoms. The fourth-order valence-electron chi connectivity index (χ4n) is 12.5. The van der Waals surface area contributed by atoms with Gasteiger partial charge in [0.1, 0.15) is 24.2 Å². The summed E-state index contributed by atoms with van der Waals surface area (Å²) in [5.41, 5.74) is 4.45. The highest BCUT2D eigenvalue weighted by Crippen LogP contribution is 2.49. The maximum atomic E-state index is 14.7. The number of thioether (sulfide) groups is 2. The van der Waals surface area contributed by atoms with Crippen molar-refractivity contribution in [2.75, 3.05) is 25.6 Å². The number of carbonyl (C=O) groups is 6. The monoisotopic (exact) mass is 1140 g/mol. The van der Waals surface area contributed by atoms with Gasteiger partial charge in [-0.05, 0) is 122 Å². The maximum absolute atomic E-state index is 14.7. The zero-order valence-electron chi connectivity index (χ0n) is 45.9. The first-order chi connectivity index (χ1) is 37.2. The number of hydrogen-bond acceptors (Lipinski definition) is 12. The van der Waals surface area contributed by atoms with E-state index in [1.165, 1.54) is 0 Å². The van der Waals surface area contributed by atoms with Crippen molar-refractivity contribution in [3.63, 3.8) is 0 Å². The van der Waals surface area contributed by atoms with E-state index in [0.717, 1.165) is 44.9 Å². The van der Waals surface area contributed by atoms with Gasteiger partial charge in [-0.15, -0.1) is 23.5 Å². The van der Waals surface area contributed by atoms with Crippen molar-refractivity contribution in [1.82, 2.24) is 52.3 Å². The molecular formula is C58H76N10O6S4. The number of fused-ring (bicyclic) bond motifs is 4. The second kappa shape index (κ2) is 23.9. The number of nitrogens with zero attached hydrogens (tertiary/aromatic N) is 2. The summed E-state index contributed by atoms with van der Waals surface area (Å²) in [6.45, 7) is 12.5. The third kappa shape index (κ3) is 11.9. The fourth-order valence-corrected chi connectivity index (χ4v) is 16.1. The average molecular weight is 1140 g/mol. The van der Waals surface area contributed by atoms with E-state index in [1.54, 1.807) is 33.3 Å². The topological polar surface area (TPSA) is 205 Å². The Balaban J connectivity index is 0.823. The molecule has 8 N–H and O–H groups in total. The van der Waals surface area contributed by atoms with E-state index in [-0.39, 0.29) is 71.4 Å². The molecule has 4 aliphatic heterocycles. The highest BCUT2D eigenvalue weighted by Gasteiger charge is 2.57. The van der Waals surface area contributed by atoms with Crippen molar-refractivity contribution in [2.24, 2.45) is 22.7 Å². The molecule has 418 valence electrons. The van der Waals surface area contributed by atoms with Crippen LogP contribution in [0.4, 0.5) is 0 Å². The van der Waals surface area contributed by atoms with Gasteiger partial charge >= 0.3 is 0 Å². The van der Waals surface area contributed by atoms with Crippen molar-refractivity contribution in [3.05, 3.63) is 106 Å². The Hall–Kier alpha value is -5.12. The lowest BCUT2D eigenvalue weighted by atomic mass is 9.83. The molecule has 0 radical (unpaired) electrons. The first kappa shape index (κ1) is 57.6. The van der Waals surface area contributed by atoms with Gasteiger partial charge in [0, 0.05) is 13.1 Å². The quantitative estimate of drug-likeness (QED) is 0.0896. The van der Waals surface area contributed by atoms with E-state index < -0.39 is 58.9 Å². The lowest BCUT2D eigenvalue weighted by Gasteiger charge is -2.35. The van der Waals surface area contributed by atoms with E-state index in [2.05, 4.69) is 42.5 Å². The summed E-state index contributed by atoms with van der Waals surface area (Å²) >= 11 is 14.7. The predicted octanol–water partition coefficient (Wildman–Crippen LogP) is 4.95. The van der Waals surface area contributed by atoms with Crippen LogP contribution in [0.5, 0.6) is 0 Å². The summed E-state index contributed by atoms with van der Waals surface area (Å²) < 4.78 is 0. The summed E-state index contributed by atoms with van der Waals surface area (Å²) in [6.07, 6.45) is 3.41. The highest BCUT2D eigenvalue weighted by molar-refractivity contribution is 8.00. The summed E-state index contributed by atoms with van der Waals surface area (Å²) in [5, 5.41) is 25.4. The lowest BCUT2D eigenvalue weighted by Crippen LogP contribution is -2.58. The third-order valence-corrected chi connectivity index (χ3v) is 20.5. The molecule has 0 saturated carbocycles. The smallest absolute Gasteiger partial charge is 0.246 e. The number of benzene rings is 3. The summed E-state index contributed by atoms with van der Waals surface area (Å²) in [6, 6.07) is 19.3. The Morgan fingerprint density at radius 1 is 0.577 bits per heavy atom. The second-order valence-electron chi connectivity index (χ2n) is 23.3. The molecule has 0 spiro atoms. The van der Waals surface area contributed by atoms with Gasteiger partial charge in [0.2, 0.25) is 35.4 Å². The van der Waals surface area contributed by atoms with Gasteiger partial charge in [0.25, 0.3) is 0 Å². The molecule has 3 aromatic carbocycles. The molecule has 9 rings (SSSR count). The van der Waals surface area contributed by atoms with Crippen LogP contribution in [0, 0.1) is 22.7 Å². The molecule has 20 heteroatoms. The van der Waals surface area contributed by atoms with Gasteiger partial charge in [0.15, 0.2) is 0 Å². The molecule has 3 aromatic rings. The molecule has 1 unspecified atom stereocenters. The minimum atomic E-state index is -0.749. The molecule has 12 atom stereocenters. The van der Waals surface area contributed by atoms with Gasteiger partial charge in [0.05, 0.1) is 56.7 Å². The molecule has 4 heterocycles. The lowest BCUT2D eigenvalue weighted by molar-refractivity contribution is -0.143. The van der Waals surface area contributed by atoms with Crippen LogP contribution in [0.25, 0.3) is 0 Å². The van der Waals surface area contributed by atoms with Crippen LogP contribution in [0.15, 0.2) is 72.8 Å². The number of hydrogen-bond donors (Lipinski definition) is 8. The van der Waals surface area contributed by atoms with E-state index in [4.69, 9.17) is 24.4 Å². The van der Waals surface area contributed by atoms with Crippen LogP contribution in [0.2, 0.25) is 0 Å². The van der Waals surface area contributed by atoms with Crippen molar-refractivity contribution in [2.45, 2.75) is 152 Å². The van der Waals surface area contributed by atoms with E-state index in [0.29, 0.717) is 48.5 Å². The maximum Gasteiger partial charge on any atom is 0.246 e. The predicted molar refractivity (Wildman–Crippen MR) is 315 cm³/mol. The normalized spacial score (nSPS) is 28.4. The molecule has 0 aromatic heterocycles. The average Bonchev–Trinajstić information content (AvgIpc) is 4.19. The van der Waals surface area contributed by atoms with Crippen molar-refractivity contribution < 1.29 is 28.8 Å². The summed E-state index contributed by atoms with van der Waals surface area (Å²) in [7, 11) is 3.64.